The summed E-state index contributed by atoms with van der Waals surface area (Å²) in [5, 5.41) is 7.17. The Morgan fingerprint density at radius 3 is 3.15 bits per heavy atom. The molecule has 13 heavy (non-hydrogen) atoms. The van der Waals surface area contributed by atoms with Crippen molar-refractivity contribution in [1.29, 1.82) is 0 Å². The van der Waals surface area contributed by atoms with Crippen LogP contribution < -0.4 is 5.32 Å². The first-order valence-electron chi connectivity index (χ1n) is 4.61. The minimum Gasteiger partial charge on any atom is -0.361 e. The standard InChI is InChI=1S/C9H15N3O/c1-7-8(5-11-13-7)9-6-10-3-4-12(9)2/h5,9-10H,3-4,6H2,1-2H3. The SMILES string of the molecule is Cc1oncc1C1CNCCN1C. The first kappa shape index (κ1) is 8.72. The van der Waals surface area contributed by atoms with Gasteiger partial charge in [-0.3, -0.25) is 4.90 Å². The lowest BCUT2D eigenvalue weighted by molar-refractivity contribution is 0.200. The first-order chi connectivity index (χ1) is 6.29. The second-order valence-corrected chi connectivity index (χ2v) is 3.54. The molecule has 4 nitrogen and oxygen atoms in total. The Labute approximate surface area is 77.9 Å². The van der Waals surface area contributed by atoms with Crippen LogP contribution in [-0.2, 0) is 0 Å². The molecule has 0 amide bonds. The average molecular weight is 181 g/mol. The topological polar surface area (TPSA) is 41.3 Å². The van der Waals surface area contributed by atoms with Gasteiger partial charge in [-0.1, -0.05) is 5.16 Å². The van der Waals surface area contributed by atoms with Crippen LogP contribution in [0.2, 0.25) is 0 Å². The van der Waals surface area contributed by atoms with Crippen LogP contribution in [-0.4, -0.2) is 36.7 Å². The van der Waals surface area contributed by atoms with Gasteiger partial charge >= 0.3 is 0 Å². The molecule has 0 radical (unpaired) electrons. The molecule has 1 saturated heterocycles. The van der Waals surface area contributed by atoms with Crippen molar-refractivity contribution in [2.75, 3.05) is 26.7 Å². The summed E-state index contributed by atoms with van der Waals surface area (Å²) in [5.74, 6) is 0.931. The van der Waals surface area contributed by atoms with E-state index in [2.05, 4.69) is 22.4 Å². The second-order valence-electron chi connectivity index (χ2n) is 3.54. The van der Waals surface area contributed by atoms with Gasteiger partial charge in [0.05, 0.1) is 12.2 Å². The highest BCUT2D eigenvalue weighted by Crippen LogP contribution is 2.22. The molecule has 4 heteroatoms. The molecular formula is C9H15N3O. The van der Waals surface area contributed by atoms with Crippen molar-refractivity contribution in [3.05, 3.63) is 17.5 Å². The van der Waals surface area contributed by atoms with Crippen molar-refractivity contribution < 1.29 is 4.52 Å². The van der Waals surface area contributed by atoms with E-state index in [4.69, 9.17) is 4.52 Å². The molecule has 1 atom stereocenters. The van der Waals surface area contributed by atoms with Crippen molar-refractivity contribution in [3.63, 3.8) is 0 Å². The Morgan fingerprint density at radius 1 is 1.69 bits per heavy atom. The van der Waals surface area contributed by atoms with Gasteiger partial charge in [-0.05, 0) is 14.0 Å². The summed E-state index contributed by atoms with van der Waals surface area (Å²) in [6, 6.07) is 0.417. The Morgan fingerprint density at radius 2 is 2.54 bits per heavy atom. The van der Waals surface area contributed by atoms with Crippen LogP contribution in [0.5, 0.6) is 0 Å². The third-order valence-corrected chi connectivity index (χ3v) is 2.66. The molecular weight excluding hydrogens is 166 g/mol. The summed E-state index contributed by atoms with van der Waals surface area (Å²) in [6.07, 6.45) is 1.82. The number of aromatic nitrogens is 1. The van der Waals surface area contributed by atoms with E-state index in [0.717, 1.165) is 25.4 Å². The van der Waals surface area contributed by atoms with Crippen LogP contribution in [0, 0.1) is 6.92 Å². The lowest BCUT2D eigenvalue weighted by atomic mass is 10.1. The van der Waals surface area contributed by atoms with E-state index in [9.17, 15) is 0 Å². The quantitative estimate of drug-likeness (QED) is 0.687. The van der Waals surface area contributed by atoms with Gasteiger partial charge in [0.15, 0.2) is 0 Å². The Kier molecular flexibility index (Phi) is 2.33. The average Bonchev–Trinajstić information content (AvgIpc) is 2.52. The first-order valence-corrected chi connectivity index (χ1v) is 4.61. The van der Waals surface area contributed by atoms with Gasteiger partial charge in [0.25, 0.3) is 0 Å². The summed E-state index contributed by atoms with van der Waals surface area (Å²) < 4.78 is 5.06. The Balaban J connectivity index is 2.19. The fourth-order valence-electron chi connectivity index (χ4n) is 1.78. The van der Waals surface area contributed by atoms with Gasteiger partial charge in [-0.25, -0.2) is 0 Å². The van der Waals surface area contributed by atoms with Gasteiger partial charge in [0.1, 0.15) is 5.76 Å². The number of hydrogen-bond acceptors (Lipinski definition) is 4. The molecule has 0 aromatic carbocycles. The van der Waals surface area contributed by atoms with E-state index >= 15 is 0 Å². The molecule has 0 bridgehead atoms. The maximum atomic E-state index is 5.06. The third kappa shape index (κ3) is 1.59. The number of nitrogens with zero attached hydrogens (tertiary/aromatic N) is 2. The van der Waals surface area contributed by atoms with Crippen LogP contribution in [0.4, 0.5) is 0 Å². The van der Waals surface area contributed by atoms with Gasteiger partial charge in [-0.15, -0.1) is 0 Å². The van der Waals surface area contributed by atoms with E-state index in [-0.39, 0.29) is 0 Å². The smallest absolute Gasteiger partial charge is 0.138 e. The summed E-state index contributed by atoms with van der Waals surface area (Å²) in [5.41, 5.74) is 1.20. The van der Waals surface area contributed by atoms with E-state index < -0.39 is 0 Å². The van der Waals surface area contributed by atoms with Crippen LogP contribution in [0.3, 0.4) is 0 Å². The zero-order chi connectivity index (χ0) is 9.26. The molecule has 1 aromatic heterocycles. The molecule has 1 unspecified atom stereocenters. The Hall–Kier alpha value is -0.870. The van der Waals surface area contributed by atoms with E-state index in [0.29, 0.717) is 6.04 Å². The van der Waals surface area contributed by atoms with Crippen molar-refractivity contribution in [2.45, 2.75) is 13.0 Å². The molecule has 2 rings (SSSR count). The molecule has 1 aliphatic heterocycles. The fraction of sp³-hybridized carbons (Fsp3) is 0.667. The van der Waals surface area contributed by atoms with Crippen LogP contribution in [0.25, 0.3) is 0 Å². The van der Waals surface area contributed by atoms with Gasteiger partial charge in [0, 0.05) is 25.2 Å². The predicted molar refractivity (Wildman–Crippen MR) is 49.5 cm³/mol. The highest BCUT2D eigenvalue weighted by molar-refractivity contribution is 5.18. The molecule has 0 spiro atoms. The van der Waals surface area contributed by atoms with Crippen LogP contribution >= 0.6 is 0 Å². The zero-order valence-electron chi connectivity index (χ0n) is 8.08. The maximum absolute atomic E-state index is 5.06. The highest BCUT2D eigenvalue weighted by Gasteiger charge is 2.23. The number of hydrogen-bond donors (Lipinski definition) is 1. The van der Waals surface area contributed by atoms with E-state index in [1.165, 1.54) is 5.56 Å². The van der Waals surface area contributed by atoms with Crippen molar-refractivity contribution in [2.24, 2.45) is 0 Å². The van der Waals surface area contributed by atoms with Gasteiger partial charge in [0.2, 0.25) is 0 Å². The lowest BCUT2D eigenvalue weighted by Gasteiger charge is -2.32. The maximum Gasteiger partial charge on any atom is 0.138 e. The fourth-order valence-corrected chi connectivity index (χ4v) is 1.78. The van der Waals surface area contributed by atoms with E-state index in [1.54, 1.807) is 0 Å². The number of nitrogens with one attached hydrogen (secondary N) is 1. The summed E-state index contributed by atoms with van der Waals surface area (Å²) in [6.45, 7) is 5.09. The van der Waals surface area contributed by atoms with E-state index in [1.807, 2.05) is 13.1 Å². The van der Waals surface area contributed by atoms with Gasteiger partial charge in [-0.2, -0.15) is 0 Å². The molecule has 1 N–H and O–H groups in total. The predicted octanol–water partition coefficient (Wildman–Crippen LogP) is 0.559. The molecule has 1 aromatic rings. The normalized spacial score (nSPS) is 24.9. The van der Waals surface area contributed by atoms with Crippen molar-refractivity contribution in [3.8, 4) is 0 Å². The number of aryl methyl sites for hydroxylation is 1. The molecule has 72 valence electrons. The zero-order valence-corrected chi connectivity index (χ0v) is 8.08. The molecule has 1 aliphatic rings. The van der Waals surface area contributed by atoms with Crippen LogP contribution in [0.1, 0.15) is 17.4 Å². The summed E-state index contributed by atoms with van der Waals surface area (Å²) in [4.78, 5) is 2.33. The Bertz CT molecular complexity index is 284. The van der Waals surface area contributed by atoms with Gasteiger partial charge < -0.3 is 9.84 Å². The third-order valence-electron chi connectivity index (χ3n) is 2.66. The molecule has 2 heterocycles. The molecule has 1 fully saturated rings. The number of likely N-dealkylation sites (N-methyl/N-ethyl adjacent to an activating group) is 1. The number of rotatable bonds is 1. The number of piperazine rings is 1. The largest absolute Gasteiger partial charge is 0.361 e. The van der Waals surface area contributed by atoms with Crippen molar-refractivity contribution >= 4 is 0 Å². The molecule has 0 saturated carbocycles. The second kappa shape index (κ2) is 3.47. The summed E-state index contributed by atoms with van der Waals surface area (Å²) >= 11 is 0. The highest BCUT2D eigenvalue weighted by atomic mass is 16.5. The summed E-state index contributed by atoms with van der Waals surface area (Å²) in [7, 11) is 2.14. The lowest BCUT2D eigenvalue weighted by Crippen LogP contribution is -2.43. The van der Waals surface area contributed by atoms with Crippen molar-refractivity contribution in [1.82, 2.24) is 15.4 Å². The minimum atomic E-state index is 0.417. The van der Waals surface area contributed by atoms with Crippen LogP contribution in [0.15, 0.2) is 10.7 Å². The monoisotopic (exact) mass is 181 g/mol. The minimum absolute atomic E-state index is 0.417. The molecule has 0 aliphatic carbocycles.